The summed E-state index contributed by atoms with van der Waals surface area (Å²) in [5, 5.41) is 0. The van der Waals surface area contributed by atoms with E-state index in [1.54, 1.807) is 0 Å². The summed E-state index contributed by atoms with van der Waals surface area (Å²) in [5.74, 6) is 1.86. The molecule has 5 rings (SSSR count). The number of carbonyl (C=O) groups is 1. The van der Waals surface area contributed by atoms with Gasteiger partial charge in [0.15, 0.2) is 0 Å². The molecule has 4 saturated carbocycles. The highest BCUT2D eigenvalue weighted by Gasteiger charge is 2.60. The highest BCUT2D eigenvalue weighted by Crippen LogP contribution is 2.64. The molecule has 0 heterocycles. The van der Waals surface area contributed by atoms with E-state index in [2.05, 4.69) is 37.9 Å². The molecule has 23 heavy (non-hydrogen) atoms. The van der Waals surface area contributed by atoms with Gasteiger partial charge >= 0.3 is 0 Å². The largest absolute Gasteiger partial charge is 0.341 e. The third-order valence-corrected chi connectivity index (χ3v) is 7.86. The van der Waals surface area contributed by atoms with E-state index in [9.17, 15) is 4.79 Å². The first-order valence-electron chi connectivity index (χ1n) is 8.57. The molecule has 1 aromatic carbocycles. The Morgan fingerprint density at radius 3 is 2.48 bits per heavy atom. The third kappa shape index (κ3) is 2.80. The van der Waals surface area contributed by atoms with Crippen molar-refractivity contribution in [1.82, 2.24) is 4.90 Å². The standard InChI is InChI=1S/C19H23Br2NO/c1-22(11-15-4-2-3-5-16(15)20)17(23)18-7-13-6-14(8-18)10-19(21,9-13)12-18/h2-5,13-14H,6-12H2,1H3. The number of amides is 1. The Balaban J connectivity index is 1.56. The number of hydrogen-bond acceptors (Lipinski definition) is 1. The Hall–Kier alpha value is -0.350. The van der Waals surface area contributed by atoms with Crippen molar-refractivity contribution in [3.8, 4) is 0 Å². The van der Waals surface area contributed by atoms with Crippen LogP contribution in [-0.2, 0) is 11.3 Å². The predicted molar refractivity (Wildman–Crippen MR) is 99.4 cm³/mol. The van der Waals surface area contributed by atoms with Crippen molar-refractivity contribution in [2.75, 3.05) is 7.05 Å². The summed E-state index contributed by atoms with van der Waals surface area (Å²) in [6.07, 6.45) is 7.13. The molecule has 1 aromatic rings. The molecule has 124 valence electrons. The zero-order valence-electron chi connectivity index (χ0n) is 13.5. The van der Waals surface area contributed by atoms with E-state index in [4.69, 9.17) is 0 Å². The van der Waals surface area contributed by atoms with Gasteiger partial charge in [-0.15, -0.1) is 0 Å². The summed E-state index contributed by atoms with van der Waals surface area (Å²) in [7, 11) is 1.97. The van der Waals surface area contributed by atoms with Gasteiger partial charge in [-0.25, -0.2) is 0 Å². The van der Waals surface area contributed by atoms with Crippen LogP contribution in [0.2, 0.25) is 0 Å². The predicted octanol–water partition coefficient (Wildman–Crippen LogP) is 5.14. The van der Waals surface area contributed by atoms with Crippen molar-refractivity contribution in [2.45, 2.75) is 49.4 Å². The summed E-state index contributed by atoms with van der Waals surface area (Å²) in [6.45, 7) is 0.687. The molecule has 4 aliphatic rings. The number of rotatable bonds is 3. The van der Waals surface area contributed by atoms with Crippen molar-refractivity contribution in [1.29, 1.82) is 0 Å². The molecule has 4 aliphatic carbocycles. The molecule has 4 fully saturated rings. The summed E-state index contributed by atoms with van der Waals surface area (Å²) in [4.78, 5) is 15.3. The highest BCUT2D eigenvalue weighted by molar-refractivity contribution is 9.10. The van der Waals surface area contributed by atoms with Crippen molar-refractivity contribution < 1.29 is 4.79 Å². The molecule has 1 amide bonds. The van der Waals surface area contributed by atoms with Crippen molar-refractivity contribution in [3.63, 3.8) is 0 Å². The Kier molecular flexibility index (Phi) is 3.92. The number of alkyl halides is 1. The smallest absolute Gasteiger partial charge is 0.228 e. The summed E-state index contributed by atoms with van der Waals surface area (Å²) in [6, 6.07) is 8.20. The van der Waals surface area contributed by atoms with Crippen LogP contribution in [0, 0.1) is 17.3 Å². The van der Waals surface area contributed by atoms with Gasteiger partial charge in [0.1, 0.15) is 0 Å². The fourth-order valence-electron chi connectivity index (χ4n) is 5.76. The maximum Gasteiger partial charge on any atom is 0.228 e. The van der Waals surface area contributed by atoms with Crippen LogP contribution in [-0.4, -0.2) is 22.2 Å². The number of halogens is 2. The Labute approximate surface area is 155 Å². The first-order chi connectivity index (χ1) is 10.9. The molecule has 0 aromatic heterocycles. The number of benzene rings is 1. The van der Waals surface area contributed by atoms with Crippen LogP contribution >= 0.6 is 31.9 Å². The fraction of sp³-hybridized carbons (Fsp3) is 0.632. The van der Waals surface area contributed by atoms with E-state index in [1.807, 2.05) is 30.1 Å². The minimum Gasteiger partial charge on any atom is -0.341 e. The van der Waals surface area contributed by atoms with E-state index in [1.165, 1.54) is 24.8 Å². The second-order valence-corrected chi connectivity index (χ2v) is 10.7. The van der Waals surface area contributed by atoms with Crippen LogP contribution in [0.3, 0.4) is 0 Å². The quantitative estimate of drug-likeness (QED) is 0.595. The van der Waals surface area contributed by atoms with E-state index in [0.717, 1.165) is 35.6 Å². The van der Waals surface area contributed by atoms with Gasteiger partial charge in [0.25, 0.3) is 0 Å². The minimum absolute atomic E-state index is 0.108. The van der Waals surface area contributed by atoms with Crippen LogP contribution in [0.5, 0.6) is 0 Å². The highest BCUT2D eigenvalue weighted by atomic mass is 79.9. The average Bonchev–Trinajstić information content (AvgIpc) is 2.46. The normalized spacial score (nSPS) is 37.9. The molecule has 4 bridgehead atoms. The lowest BCUT2D eigenvalue weighted by Gasteiger charge is -2.60. The van der Waals surface area contributed by atoms with E-state index >= 15 is 0 Å². The molecule has 2 nitrogen and oxygen atoms in total. The van der Waals surface area contributed by atoms with Gasteiger partial charge in [0.2, 0.25) is 5.91 Å². The number of carbonyl (C=O) groups excluding carboxylic acids is 1. The monoisotopic (exact) mass is 439 g/mol. The van der Waals surface area contributed by atoms with Gasteiger partial charge in [-0.2, -0.15) is 0 Å². The van der Waals surface area contributed by atoms with Crippen molar-refractivity contribution in [3.05, 3.63) is 34.3 Å². The van der Waals surface area contributed by atoms with Gasteiger partial charge in [0.05, 0.1) is 5.41 Å². The maximum atomic E-state index is 13.3. The van der Waals surface area contributed by atoms with E-state index in [-0.39, 0.29) is 9.74 Å². The molecule has 0 spiro atoms. The molecular weight excluding hydrogens is 418 g/mol. The lowest BCUT2D eigenvalue weighted by Crippen LogP contribution is -2.58. The zero-order chi connectivity index (χ0) is 16.2. The Morgan fingerprint density at radius 2 is 1.87 bits per heavy atom. The number of nitrogens with zero attached hydrogens (tertiary/aromatic N) is 1. The van der Waals surface area contributed by atoms with E-state index in [0.29, 0.717) is 12.5 Å². The lowest BCUT2D eigenvalue weighted by molar-refractivity contribution is -0.154. The zero-order valence-corrected chi connectivity index (χ0v) is 16.7. The van der Waals surface area contributed by atoms with Crippen molar-refractivity contribution >= 4 is 37.8 Å². The first kappa shape index (κ1) is 16.1. The van der Waals surface area contributed by atoms with Crippen LogP contribution in [0.15, 0.2) is 28.7 Å². The van der Waals surface area contributed by atoms with E-state index < -0.39 is 0 Å². The fourth-order valence-corrected chi connectivity index (χ4v) is 7.62. The van der Waals surface area contributed by atoms with Crippen LogP contribution in [0.4, 0.5) is 0 Å². The summed E-state index contributed by atoms with van der Waals surface area (Å²) in [5.41, 5.74) is 1.07. The van der Waals surface area contributed by atoms with Gasteiger partial charge < -0.3 is 4.90 Å². The third-order valence-electron chi connectivity index (χ3n) is 6.16. The number of hydrogen-bond donors (Lipinski definition) is 0. The lowest BCUT2D eigenvalue weighted by atomic mass is 9.49. The van der Waals surface area contributed by atoms with Gasteiger partial charge in [-0.05, 0) is 62.0 Å². The van der Waals surface area contributed by atoms with Gasteiger partial charge in [-0.1, -0.05) is 50.1 Å². The van der Waals surface area contributed by atoms with Crippen molar-refractivity contribution in [2.24, 2.45) is 17.3 Å². The maximum absolute atomic E-state index is 13.3. The Bertz CT molecular complexity index is 630. The molecule has 2 atom stereocenters. The molecule has 4 heteroatoms. The topological polar surface area (TPSA) is 20.3 Å². The Morgan fingerprint density at radius 1 is 1.22 bits per heavy atom. The molecule has 0 radical (unpaired) electrons. The van der Waals surface area contributed by atoms with Gasteiger partial charge in [0, 0.05) is 22.4 Å². The SMILES string of the molecule is CN(Cc1ccccc1Br)C(=O)C12CC3CC(CC(Br)(C3)C1)C2. The second kappa shape index (κ2) is 5.59. The van der Waals surface area contributed by atoms with Crippen LogP contribution in [0.25, 0.3) is 0 Å². The first-order valence-corrected chi connectivity index (χ1v) is 10.2. The minimum atomic E-state index is -0.108. The molecule has 2 unspecified atom stereocenters. The van der Waals surface area contributed by atoms with Crippen LogP contribution < -0.4 is 0 Å². The summed E-state index contributed by atoms with van der Waals surface area (Å²) >= 11 is 7.61. The summed E-state index contributed by atoms with van der Waals surface area (Å²) < 4.78 is 1.32. The average molecular weight is 441 g/mol. The van der Waals surface area contributed by atoms with Gasteiger partial charge in [-0.3, -0.25) is 4.79 Å². The molecule has 0 saturated heterocycles. The molecular formula is C19H23Br2NO. The van der Waals surface area contributed by atoms with Crippen LogP contribution in [0.1, 0.15) is 44.1 Å². The molecule has 0 N–H and O–H groups in total. The second-order valence-electron chi connectivity index (χ2n) is 8.14. The molecule has 0 aliphatic heterocycles.